The van der Waals surface area contributed by atoms with E-state index in [9.17, 15) is 4.79 Å². The van der Waals surface area contributed by atoms with Crippen molar-refractivity contribution < 1.29 is 19.0 Å². The summed E-state index contributed by atoms with van der Waals surface area (Å²) in [6, 6.07) is 0. The molecule has 5 rings (SSSR count). The highest BCUT2D eigenvalue weighted by atomic mass is 16.7. The molecule has 21 heavy (non-hydrogen) atoms. The minimum atomic E-state index is -0.0421. The van der Waals surface area contributed by atoms with Crippen molar-refractivity contribution in [3.63, 3.8) is 0 Å². The summed E-state index contributed by atoms with van der Waals surface area (Å²) in [7, 11) is 1.52. The summed E-state index contributed by atoms with van der Waals surface area (Å²) in [6.07, 6.45) is 8.31. The molecule has 0 amide bonds. The lowest BCUT2D eigenvalue weighted by atomic mass is 9.50. The molecule has 0 spiro atoms. The van der Waals surface area contributed by atoms with E-state index in [0.29, 0.717) is 17.8 Å². The molecule has 0 aromatic carbocycles. The highest BCUT2D eigenvalue weighted by Crippen LogP contribution is 2.58. The van der Waals surface area contributed by atoms with Gasteiger partial charge in [0.1, 0.15) is 0 Å². The predicted molar refractivity (Wildman–Crippen MR) is 76.4 cm³/mol. The molecule has 5 fully saturated rings. The van der Waals surface area contributed by atoms with Crippen LogP contribution >= 0.6 is 0 Å². The lowest BCUT2D eigenvalue weighted by molar-refractivity contribution is -0.248. The standard InChI is InChI=1S/C17H26O4/c1-19-17(18)15-11-6-10-7-12(9-11)16(13(15)8-10)21-14-4-2-3-5-20-14/h10-16H,2-9H2,1H3/t10?,11?,12?,13?,14?,15?,16-/m0/s1. The van der Waals surface area contributed by atoms with Gasteiger partial charge in [0.25, 0.3) is 0 Å². The van der Waals surface area contributed by atoms with E-state index in [4.69, 9.17) is 14.2 Å². The minimum Gasteiger partial charge on any atom is -0.469 e. The van der Waals surface area contributed by atoms with Crippen LogP contribution in [0.3, 0.4) is 0 Å². The van der Waals surface area contributed by atoms with Crippen LogP contribution in [0.25, 0.3) is 0 Å². The fourth-order valence-corrected chi connectivity index (χ4v) is 5.57. The third-order valence-corrected chi connectivity index (χ3v) is 6.26. The van der Waals surface area contributed by atoms with Crippen LogP contribution in [0.15, 0.2) is 0 Å². The Morgan fingerprint density at radius 2 is 1.95 bits per heavy atom. The van der Waals surface area contributed by atoms with E-state index in [2.05, 4.69) is 0 Å². The predicted octanol–water partition coefficient (Wildman–Crippen LogP) is 2.75. The summed E-state index contributed by atoms with van der Waals surface area (Å²) >= 11 is 0. The quantitative estimate of drug-likeness (QED) is 0.751. The number of rotatable bonds is 3. The number of methoxy groups -OCH3 is 1. The van der Waals surface area contributed by atoms with Crippen LogP contribution in [0.5, 0.6) is 0 Å². The smallest absolute Gasteiger partial charge is 0.309 e. The molecule has 0 radical (unpaired) electrons. The average Bonchev–Trinajstić information content (AvgIpc) is 2.51. The Morgan fingerprint density at radius 3 is 2.71 bits per heavy atom. The first-order valence-electron chi connectivity index (χ1n) is 8.61. The van der Waals surface area contributed by atoms with Crippen LogP contribution in [0.2, 0.25) is 0 Å². The molecule has 0 aromatic rings. The van der Waals surface area contributed by atoms with E-state index < -0.39 is 0 Å². The molecule has 4 heteroatoms. The lowest BCUT2D eigenvalue weighted by Crippen LogP contribution is -2.57. The summed E-state index contributed by atoms with van der Waals surface area (Å²) in [5.41, 5.74) is 0. The molecule has 4 saturated carbocycles. The highest BCUT2D eigenvalue weighted by Gasteiger charge is 2.57. The maximum Gasteiger partial charge on any atom is 0.309 e. The van der Waals surface area contributed by atoms with Gasteiger partial charge in [-0.15, -0.1) is 0 Å². The Hall–Kier alpha value is -0.610. The first-order valence-corrected chi connectivity index (χ1v) is 8.61. The van der Waals surface area contributed by atoms with Crippen LogP contribution in [0.4, 0.5) is 0 Å². The summed E-state index contributed by atoms with van der Waals surface area (Å²) in [5, 5.41) is 0. The zero-order valence-electron chi connectivity index (χ0n) is 12.8. The van der Waals surface area contributed by atoms with Crippen molar-refractivity contribution in [2.45, 2.75) is 57.3 Å². The Bertz CT molecular complexity index is 404. The van der Waals surface area contributed by atoms with Crippen molar-refractivity contribution in [3.05, 3.63) is 0 Å². The van der Waals surface area contributed by atoms with Gasteiger partial charge < -0.3 is 14.2 Å². The van der Waals surface area contributed by atoms with E-state index in [0.717, 1.165) is 38.2 Å². The van der Waals surface area contributed by atoms with Crippen molar-refractivity contribution in [2.75, 3.05) is 13.7 Å². The van der Waals surface area contributed by atoms with Crippen LogP contribution < -0.4 is 0 Å². The number of esters is 1. The van der Waals surface area contributed by atoms with E-state index in [1.165, 1.54) is 26.4 Å². The SMILES string of the molecule is COC(=O)C1C2CC3CC(C2)[C@H](OC2CCCCO2)C1C3. The van der Waals surface area contributed by atoms with E-state index >= 15 is 0 Å². The number of hydrogen-bond acceptors (Lipinski definition) is 4. The number of hydrogen-bond donors (Lipinski definition) is 0. The molecule has 1 heterocycles. The van der Waals surface area contributed by atoms with Gasteiger partial charge >= 0.3 is 5.97 Å². The van der Waals surface area contributed by atoms with Gasteiger partial charge in [0, 0.05) is 6.61 Å². The van der Waals surface area contributed by atoms with Gasteiger partial charge in [-0.3, -0.25) is 4.79 Å². The Kier molecular flexibility index (Phi) is 3.70. The monoisotopic (exact) mass is 294 g/mol. The van der Waals surface area contributed by atoms with Gasteiger partial charge in [0.05, 0.1) is 19.1 Å². The Labute approximate surface area is 126 Å². The molecule has 4 bridgehead atoms. The molecule has 1 saturated heterocycles. The second-order valence-corrected chi connectivity index (χ2v) is 7.44. The second-order valence-electron chi connectivity index (χ2n) is 7.44. The van der Waals surface area contributed by atoms with E-state index in [1.54, 1.807) is 0 Å². The van der Waals surface area contributed by atoms with Crippen LogP contribution in [-0.2, 0) is 19.0 Å². The topological polar surface area (TPSA) is 44.8 Å². The average molecular weight is 294 g/mol. The third-order valence-electron chi connectivity index (χ3n) is 6.26. The van der Waals surface area contributed by atoms with Crippen molar-refractivity contribution in [2.24, 2.45) is 29.6 Å². The summed E-state index contributed by atoms with van der Waals surface area (Å²) in [6.45, 7) is 0.818. The van der Waals surface area contributed by atoms with Gasteiger partial charge in [0.15, 0.2) is 6.29 Å². The Morgan fingerprint density at radius 1 is 1.10 bits per heavy atom. The molecule has 4 nitrogen and oxygen atoms in total. The fraction of sp³-hybridized carbons (Fsp3) is 0.941. The maximum absolute atomic E-state index is 12.2. The second kappa shape index (κ2) is 5.54. The molecule has 4 aliphatic carbocycles. The van der Waals surface area contributed by atoms with E-state index in [1.807, 2.05) is 0 Å². The third kappa shape index (κ3) is 2.40. The van der Waals surface area contributed by atoms with Gasteiger partial charge in [0.2, 0.25) is 0 Å². The maximum atomic E-state index is 12.2. The van der Waals surface area contributed by atoms with Gasteiger partial charge in [-0.1, -0.05) is 0 Å². The number of carbonyl (C=O) groups is 1. The molecule has 7 atom stereocenters. The summed E-state index contributed by atoms with van der Waals surface area (Å²) in [4.78, 5) is 12.2. The first kappa shape index (κ1) is 14.0. The molecular weight excluding hydrogens is 268 g/mol. The van der Waals surface area contributed by atoms with Crippen LogP contribution in [0.1, 0.15) is 44.9 Å². The van der Waals surface area contributed by atoms with Gasteiger partial charge in [-0.05, 0) is 68.6 Å². The van der Waals surface area contributed by atoms with Crippen molar-refractivity contribution in [1.29, 1.82) is 0 Å². The fourth-order valence-electron chi connectivity index (χ4n) is 5.57. The molecule has 0 N–H and O–H groups in total. The van der Waals surface area contributed by atoms with Crippen molar-refractivity contribution in [3.8, 4) is 0 Å². The Balaban J connectivity index is 1.51. The van der Waals surface area contributed by atoms with E-state index in [-0.39, 0.29) is 24.3 Å². The largest absolute Gasteiger partial charge is 0.469 e. The van der Waals surface area contributed by atoms with Gasteiger partial charge in [-0.25, -0.2) is 0 Å². The molecule has 1 aliphatic heterocycles. The van der Waals surface area contributed by atoms with Gasteiger partial charge in [-0.2, -0.15) is 0 Å². The molecule has 118 valence electrons. The first-order chi connectivity index (χ1) is 10.3. The lowest BCUT2D eigenvalue weighted by Gasteiger charge is -2.57. The minimum absolute atomic E-state index is 0.0121. The summed E-state index contributed by atoms with van der Waals surface area (Å²) < 4.78 is 17.2. The molecule has 6 unspecified atom stereocenters. The van der Waals surface area contributed by atoms with Crippen molar-refractivity contribution in [1.82, 2.24) is 0 Å². The zero-order valence-corrected chi connectivity index (χ0v) is 12.8. The normalized spacial score (nSPS) is 48.3. The van der Waals surface area contributed by atoms with Crippen LogP contribution in [-0.4, -0.2) is 32.1 Å². The zero-order chi connectivity index (χ0) is 14.4. The van der Waals surface area contributed by atoms with Crippen LogP contribution in [0, 0.1) is 29.6 Å². The number of carbonyl (C=O) groups excluding carboxylic acids is 1. The highest BCUT2D eigenvalue weighted by molar-refractivity contribution is 5.73. The molecular formula is C17H26O4. The molecule has 5 aliphatic rings. The molecule has 0 aromatic heterocycles. The summed E-state index contributed by atoms with van der Waals surface area (Å²) in [5.74, 6) is 2.40. The van der Waals surface area contributed by atoms with Crippen molar-refractivity contribution >= 4 is 5.97 Å². The number of ether oxygens (including phenoxy) is 3.